The molecule has 0 aliphatic carbocycles. The van der Waals surface area contributed by atoms with Crippen LogP contribution in [0.5, 0.6) is 5.75 Å². The molecule has 0 aliphatic heterocycles. The zero-order valence-corrected chi connectivity index (χ0v) is 11.9. The summed E-state index contributed by atoms with van der Waals surface area (Å²) in [6.07, 6.45) is 0.286. The van der Waals surface area contributed by atoms with Crippen molar-refractivity contribution in [3.8, 4) is 11.8 Å². The molecule has 1 amide bonds. The fraction of sp³-hybridized carbons (Fsp3) is 0.200. The van der Waals surface area contributed by atoms with Gasteiger partial charge in [0, 0.05) is 12.2 Å². The number of carbonyl (C=O) groups is 1. The van der Waals surface area contributed by atoms with Gasteiger partial charge in [-0.15, -0.1) is 11.3 Å². The molecule has 102 valence electrons. The quantitative estimate of drug-likeness (QED) is 0.847. The third-order valence-corrected chi connectivity index (χ3v) is 3.69. The second kappa shape index (κ2) is 6.73. The van der Waals surface area contributed by atoms with Gasteiger partial charge in [-0.05, 0) is 23.6 Å². The molecule has 0 atom stereocenters. The van der Waals surface area contributed by atoms with Crippen molar-refractivity contribution >= 4 is 22.9 Å². The van der Waals surface area contributed by atoms with Crippen LogP contribution in [-0.4, -0.2) is 19.6 Å². The first-order valence-electron chi connectivity index (χ1n) is 6.13. The summed E-state index contributed by atoms with van der Waals surface area (Å²) in [4.78, 5) is 14.8. The van der Waals surface area contributed by atoms with Crippen LogP contribution in [0, 0.1) is 11.3 Å². The Bertz CT molecular complexity index is 616. The van der Waals surface area contributed by atoms with Gasteiger partial charge >= 0.3 is 0 Å². The summed E-state index contributed by atoms with van der Waals surface area (Å²) >= 11 is 1.34. The van der Waals surface area contributed by atoms with E-state index < -0.39 is 0 Å². The number of hydrogen-bond acceptors (Lipinski definition) is 4. The number of thiophene rings is 1. The molecule has 20 heavy (non-hydrogen) atoms. The van der Waals surface area contributed by atoms with Crippen molar-refractivity contribution in [3.05, 3.63) is 46.7 Å². The van der Waals surface area contributed by atoms with Crippen molar-refractivity contribution in [2.75, 3.05) is 18.6 Å². The number of nitriles is 1. The standard InChI is InChI=1S/C15H14N2O2S/c1-19-13-8-11-20-14(13)15(18)17(10-5-9-16)12-6-3-2-4-7-12/h2-4,6-8,11H,5,10H2,1H3. The highest BCUT2D eigenvalue weighted by Crippen LogP contribution is 2.28. The number of para-hydroxylation sites is 1. The predicted octanol–water partition coefficient (Wildman–Crippen LogP) is 3.32. The van der Waals surface area contributed by atoms with E-state index in [9.17, 15) is 4.79 Å². The Morgan fingerprint density at radius 1 is 1.35 bits per heavy atom. The molecule has 0 spiro atoms. The van der Waals surface area contributed by atoms with Gasteiger partial charge in [0.05, 0.1) is 19.6 Å². The topological polar surface area (TPSA) is 53.3 Å². The van der Waals surface area contributed by atoms with Gasteiger partial charge in [-0.1, -0.05) is 18.2 Å². The number of benzene rings is 1. The average Bonchev–Trinajstić information content (AvgIpc) is 2.97. The van der Waals surface area contributed by atoms with E-state index >= 15 is 0 Å². The largest absolute Gasteiger partial charge is 0.495 e. The molecule has 2 rings (SSSR count). The Hall–Kier alpha value is -2.32. The predicted molar refractivity (Wildman–Crippen MR) is 79.2 cm³/mol. The van der Waals surface area contributed by atoms with E-state index in [2.05, 4.69) is 6.07 Å². The van der Waals surface area contributed by atoms with E-state index in [1.165, 1.54) is 11.3 Å². The van der Waals surface area contributed by atoms with Crippen molar-refractivity contribution in [2.24, 2.45) is 0 Å². The summed E-state index contributed by atoms with van der Waals surface area (Å²) in [6.45, 7) is 0.362. The first-order valence-corrected chi connectivity index (χ1v) is 7.01. The lowest BCUT2D eigenvalue weighted by molar-refractivity contribution is 0.0989. The van der Waals surface area contributed by atoms with Gasteiger partial charge in [0.2, 0.25) is 0 Å². The molecule has 0 bridgehead atoms. The minimum absolute atomic E-state index is 0.140. The van der Waals surface area contributed by atoms with Crippen molar-refractivity contribution in [1.82, 2.24) is 0 Å². The molecule has 0 radical (unpaired) electrons. The number of amides is 1. The third-order valence-electron chi connectivity index (χ3n) is 2.80. The van der Waals surface area contributed by atoms with Crippen LogP contribution in [0.15, 0.2) is 41.8 Å². The Kier molecular flexibility index (Phi) is 4.75. The molecule has 0 N–H and O–H groups in total. The van der Waals surface area contributed by atoms with Crippen molar-refractivity contribution in [2.45, 2.75) is 6.42 Å². The minimum Gasteiger partial charge on any atom is -0.495 e. The van der Waals surface area contributed by atoms with E-state index in [0.29, 0.717) is 17.2 Å². The molecule has 0 fully saturated rings. The van der Waals surface area contributed by atoms with E-state index in [1.54, 1.807) is 18.1 Å². The number of ether oxygens (including phenoxy) is 1. The molecule has 5 heteroatoms. The van der Waals surface area contributed by atoms with Gasteiger partial charge in [0.1, 0.15) is 10.6 Å². The maximum Gasteiger partial charge on any atom is 0.272 e. The maximum atomic E-state index is 12.6. The van der Waals surface area contributed by atoms with Crippen LogP contribution in [0.2, 0.25) is 0 Å². The van der Waals surface area contributed by atoms with Gasteiger partial charge in [-0.25, -0.2) is 0 Å². The Morgan fingerprint density at radius 2 is 2.10 bits per heavy atom. The summed E-state index contributed by atoms with van der Waals surface area (Å²) in [7, 11) is 1.54. The maximum absolute atomic E-state index is 12.6. The Labute approximate surface area is 121 Å². The molecule has 1 aromatic heterocycles. The molecular weight excluding hydrogens is 272 g/mol. The molecule has 0 saturated carbocycles. The van der Waals surface area contributed by atoms with Gasteiger partial charge in [-0.3, -0.25) is 4.79 Å². The first kappa shape index (κ1) is 14.1. The summed E-state index contributed by atoms with van der Waals surface area (Å²) in [5.74, 6) is 0.427. The minimum atomic E-state index is -0.140. The molecule has 2 aromatic rings. The number of nitrogens with zero attached hydrogens (tertiary/aromatic N) is 2. The smallest absolute Gasteiger partial charge is 0.272 e. The second-order valence-corrected chi connectivity index (χ2v) is 4.93. The lowest BCUT2D eigenvalue weighted by atomic mass is 10.2. The van der Waals surface area contributed by atoms with Gasteiger partial charge in [0.15, 0.2) is 0 Å². The monoisotopic (exact) mass is 286 g/mol. The highest BCUT2D eigenvalue weighted by molar-refractivity contribution is 7.12. The van der Waals surface area contributed by atoms with E-state index in [4.69, 9.17) is 10.00 Å². The number of carbonyl (C=O) groups excluding carboxylic acids is 1. The van der Waals surface area contributed by atoms with Crippen molar-refractivity contribution in [1.29, 1.82) is 5.26 Å². The summed E-state index contributed by atoms with van der Waals surface area (Å²) in [6, 6.07) is 13.2. The van der Waals surface area contributed by atoms with Crippen LogP contribution in [0.3, 0.4) is 0 Å². The van der Waals surface area contributed by atoms with Crippen LogP contribution in [0.4, 0.5) is 5.69 Å². The van der Waals surface area contributed by atoms with E-state index in [-0.39, 0.29) is 12.3 Å². The molecule has 1 heterocycles. The summed E-state index contributed by atoms with van der Waals surface area (Å²) in [5.41, 5.74) is 0.781. The fourth-order valence-electron chi connectivity index (χ4n) is 1.85. The normalized spacial score (nSPS) is 9.80. The van der Waals surface area contributed by atoms with Crippen molar-refractivity contribution < 1.29 is 9.53 Å². The van der Waals surface area contributed by atoms with Crippen LogP contribution >= 0.6 is 11.3 Å². The van der Waals surface area contributed by atoms with Crippen LogP contribution in [0.1, 0.15) is 16.1 Å². The number of rotatable bonds is 5. The molecule has 1 aromatic carbocycles. The van der Waals surface area contributed by atoms with Gasteiger partial charge in [0.25, 0.3) is 5.91 Å². The summed E-state index contributed by atoms with van der Waals surface area (Å²) < 4.78 is 5.19. The highest BCUT2D eigenvalue weighted by atomic mass is 32.1. The second-order valence-electron chi connectivity index (χ2n) is 4.02. The zero-order valence-electron chi connectivity index (χ0n) is 11.1. The van der Waals surface area contributed by atoms with Crippen LogP contribution in [-0.2, 0) is 0 Å². The summed E-state index contributed by atoms with van der Waals surface area (Å²) in [5, 5.41) is 10.6. The Balaban J connectivity index is 2.32. The molecular formula is C15H14N2O2S. The molecule has 4 nitrogen and oxygen atoms in total. The van der Waals surface area contributed by atoms with Gasteiger partial charge < -0.3 is 9.64 Å². The highest BCUT2D eigenvalue weighted by Gasteiger charge is 2.22. The average molecular weight is 286 g/mol. The molecule has 0 unspecified atom stereocenters. The lowest BCUT2D eigenvalue weighted by Gasteiger charge is -2.21. The SMILES string of the molecule is COc1ccsc1C(=O)N(CCC#N)c1ccccc1. The fourth-order valence-corrected chi connectivity index (χ4v) is 2.66. The number of anilines is 1. The van der Waals surface area contributed by atoms with Crippen molar-refractivity contribution in [3.63, 3.8) is 0 Å². The number of methoxy groups -OCH3 is 1. The number of hydrogen-bond donors (Lipinski definition) is 0. The van der Waals surface area contributed by atoms with Crippen LogP contribution < -0.4 is 9.64 Å². The third kappa shape index (κ3) is 2.98. The first-order chi connectivity index (χ1) is 9.77. The molecule has 0 aliphatic rings. The zero-order chi connectivity index (χ0) is 14.4. The van der Waals surface area contributed by atoms with E-state index in [1.807, 2.05) is 35.7 Å². The van der Waals surface area contributed by atoms with Crippen LogP contribution in [0.25, 0.3) is 0 Å². The Morgan fingerprint density at radius 3 is 2.75 bits per heavy atom. The molecule has 0 saturated heterocycles. The lowest BCUT2D eigenvalue weighted by Crippen LogP contribution is -2.31. The van der Waals surface area contributed by atoms with Gasteiger partial charge in [-0.2, -0.15) is 5.26 Å². The van der Waals surface area contributed by atoms with E-state index in [0.717, 1.165) is 5.69 Å².